The Morgan fingerprint density at radius 1 is 1.00 bits per heavy atom. The largest absolute Gasteiger partial charge is 0.455 e. The lowest BCUT2D eigenvalue weighted by atomic mass is 9.77. The Hall–Kier alpha value is -4.32. The van der Waals surface area contributed by atoms with Gasteiger partial charge in [-0.1, -0.05) is 85.0 Å². The number of aliphatic hydroxyl groups is 1. The third kappa shape index (κ3) is 6.61. The molecular weight excluding hydrogens is 638 g/mol. The van der Waals surface area contributed by atoms with Crippen molar-refractivity contribution in [1.29, 1.82) is 0 Å². The molecule has 2 N–H and O–H groups in total. The number of hydrogen-bond acceptors (Lipinski definition) is 8. The Labute approximate surface area is 293 Å². The second kappa shape index (κ2) is 14.5. The second-order valence-corrected chi connectivity index (χ2v) is 14.5. The third-order valence-electron chi connectivity index (χ3n) is 10.2. The molecule has 11 heteroatoms. The van der Waals surface area contributed by atoms with Crippen molar-refractivity contribution in [3.8, 4) is 0 Å². The summed E-state index contributed by atoms with van der Waals surface area (Å²) in [5.74, 6) is -3.97. The molecule has 0 aromatic heterocycles. The normalized spacial score (nSPS) is 31.4. The summed E-state index contributed by atoms with van der Waals surface area (Å²) in [4.78, 5) is 60.7. The predicted octanol–water partition coefficient (Wildman–Crippen LogP) is 3.13. The highest BCUT2D eigenvalue weighted by atomic mass is 16.6. The predicted molar refractivity (Wildman–Crippen MR) is 184 cm³/mol. The number of nitrogens with one attached hydrogen (secondary N) is 1. The Kier molecular flexibility index (Phi) is 10.3. The van der Waals surface area contributed by atoms with Crippen LogP contribution in [0.25, 0.3) is 0 Å². The van der Waals surface area contributed by atoms with E-state index in [1.165, 1.54) is 12.0 Å². The number of hydrogen-bond donors (Lipinski definition) is 2. The monoisotopic (exact) mass is 685 g/mol. The van der Waals surface area contributed by atoms with E-state index in [0.29, 0.717) is 18.4 Å². The van der Waals surface area contributed by atoms with E-state index in [0.717, 1.165) is 5.56 Å². The molecule has 8 atom stereocenters. The van der Waals surface area contributed by atoms with E-state index in [-0.39, 0.29) is 31.4 Å². The molecule has 0 saturated carbocycles. The molecule has 4 aliphatic rings. The number of allylic oxidation sites excluding steroid dienone is 1. The summed E-state index contributed by atoms with van der Waals surface area (Å²) >= 11 is 0. The van der Waals surface area contributed by atoms with Crippen molar-refractivity contribution in [2.75, 3.05) is 26.9 Å². The maximum atomic E-state index is 15.0. The Morgan fingerprint density at radius 3 is 2.36 bits per heavy atom. The molecule has 0 aliphatic carbocycles. The number of esters is 1. The number of nitrogens with zero attached hydrogens (tertiary/aromatic N) is 2. The van der Waals surface area contributed by atoms with Crippen molar-refractivity contribution in [3.63, 3.8) is 0 Å². The van der Waals surface area contributed by atoms with Gasteiger partial charge in [0.15, 0.2) is 0 Å². The van der Waals surface area contributed by atoms with Gasteiger partial charge in [0.05, 0.1) is 37.3 Å². The van der Waals surface area contributed by atoms with Crippen molar-refractivity contribution in [3.05, 3.63) is 96.1 Å². The van der Waals surface area contributed by atoms with Crippen LogP contribution in [0.15, 0.2) is 85.0 Å². The van der Waals surface area contributed by atoms with Crippen LogP contribution in [0.1, 0.15) is 50.8 Å². The van der Waals surface area contributed by atoms with Crippen molar-refractivity contribution in [2.24, 2.45) is 11.8 Å². The molecule has 4 aliphatic heterocycles. The topological polar surface area (TPSA) is 135 Å². The van der Waals surface area contributed by atoms with Gasteiger partial charge in [-0.2, -0.15) is 0 Å². The Balaban J connectivity index is 1.48. The van der Waals surface area contributed by atoms with Crippen LogP contribution >= 0.6 is 0 Å². The number of benzene rings is 2. The summed E-state index contributed by atoms with van der Waals surface area (Å²) in [6, 6.07) is 15.9. The van der Waals surface area contributed by atoms with E-state index >= 15 is 4.79 Å². The van der Waals surface area contributed by atoms with Gasteiger partial charge in [0.2, 0.25) is 17.7 Å². The summed E-state index contributed by atoms with van der Waals surface area (Å²) in [5, 5.41) is 13.8. The molecule has 2 aromatic rings. The number of rotatable bonds is 7. The minimum Gasteiger partial charge on any atom is -0.455 e. The van der Waals surface area contributed by atoms with E-state index in [9.17, 15) is 19.5 Å². The SMILES string of the molecule is COC[C@@H]1NC(=O)CC/C=C\[C@@H]2O[C@@]34C=CCN(C(C)(C)C)C(=O)[C@@H]3N([C@@H](CO)Cc3ccccc3)C(=O)[C@H]4[C@@H]2C(=O)O[C@H]1c1ccccc1. The van der Waals surface area contributed by atoms with Gasteiger partial charge in [0.1, 0.15) is 23.7 Å². The van der Waals surface area contributed by atoms with Crippen LogP contribution < -0.4 is 5.32 Å². The zero-order valence-electron chi connectivity index (χ0n) is 29.1. The highest BCUT2D eigenvalue weighted by molar-refractivity contribution is 5.99. The standard InChI is InChI=1S/C39H47N3O8/c1-38(2,3)41-21-13-20-39-32(35(45)42(34(39)36(41)46)27(23-43)22-25-14-7-5-8-15-25)31-29(50-39)18-11-12-19-30(44)40-28(24-48-4)33(49-37(31)47)26-16-9-6-10-17-26/h5-11,13-18,20,27-29,31-34,43H,12,19,21-24H2,1-4H3,(H,40,44)/b18-11-/t27-,28+,29+,31-,32-,33+,34+,39-/m1/s1. The second-order valence-electron chi connectivity index (χ2n) is 14.5. The quantitative estimate of drug-likeness (QED) is 0.336. The average Bonchev–Trinajstić information content (AvgIpc) is 3.48. The molecule has 2 fully saturated rings. The third-order valence-corrected chi connectivity index (χ3v) is 10.2. The van der Waals surface area contributed by atoms with Crippen LogP contribution in [0, 0.1) is 11.8 Å². The summed E-state index contributed by atoms with van der Waals surface area (Å²) in [7, 11) is 1.51. The minimum absolute atomic E-state index is 0.0682. The van der Waals surface area contributed by atoms with E-state index in [1.54, 1.807) is 23.1 Å². The highest BCUT2D eigenvalue weighted by Gasteiger charge is 2.73. The molecule has 6 rings (SSSR count). The number of fused-ring (bicyclic) bond motifs is 2. The van der Waals surface area contributed by atoms with E-state index in [1.807, 2.05) is 87.5 Å². The molecular formula is C39H47N3O8. The van der Waals surface area contributed by atoms with Crippen molar-refractivity contribution >= 4 is 23.7 Å². The Morgan fingerprint density at radius 2 is 1.70 bits per heavy atom. The van der Waals surface area contributed by atoms with Gasteiger partial charge in [-0.05, 0) is 44.7 Å². The summed E-state index contributed by atoms with van der Waals surface area (Å²) in [6.45, 7) is 5.74. The molecule has 3 amide bonds. The van der Waals surface area contributed by atoms with E-state index in [2.05, 4.69) is 5.32 Å². The van der Waals surface area contributed by atoms with Gasteiger partial charge in [0, 0.05) is 25.6 Å². The molecule has 1 spiro atoms. The number of aliphatic hydroxyl groups excluding tert-OH is 1. The number of amides is 3. The number of carbonyl (C=O) groups excluding carboxylic acids is 4. The first kappa shape index (κ1) is 35.5. The fourth-order valence-electron chi connectivity index (χ4n) is 7.96. The Bertz CT molecular complexity index is 1620. The van der Waals surface area contributed by atoms with Crippen LogP contribution in [-0.2, 0) is 39.8 Å². The molecule has 4 heterocycles. The van der Waals surface area contributed by atoms with Gasteiger partial charge in [-0.25, -0.2) is 0 Å². The fourth-order valence-corrected chi connectivity index (χ4v) is 7.96. The van der Waals surface area contributed by atoms with Crippen LogP contribution in [0.4, 0.5) is 0 Å². The maximum absolute atomic E-state index is 15.0. The molecule has 2 aromatic carbocycles. The number of cyclic esters (lactones) is 1. The first-order valence-electron chi connectivity index (χ1n) is 17.3. The molecule has 11 nitrogen and oxygen atoms in total. The van der Waals surface area contributed by atoms with Crippen molar-refractivity contribution < 1.29 is 38.5 Å². The minimum atomic E-state index is -1.53. The fraction of sp³-hybridized carbons (Fsp3) is 0.487. The lowest BCUT2D eigenvalue weighted by Gasteiger charge is -2.42. The zero-order chi connectivity index (χ0) is 35.6. The molecule has 266 valence electrons. The maximum Gasteiger partial charge on any atom is 0.313 e. The molecule has 0 bridgehead atoms. The molecule has 0 unspecified atom stereocenters. The van der Waals surface area contributed by atoms with Gasteiger partial charge in [0.25, 0.3) is 0 Å². The van der Waals surface area contributed by atoms with Gasteiger partial charge >= 0.3 is 5.97 Å². The first-order valence-corrected chi connectivity index (χ1v) is 17.3. The number of methoxy groups -OCH3 is 1. The number of carbonyl (C=O) groups is 4. The van der Waals surface area contributed by atoms with Crippen LogP contribution in [-0.4, -0.2) is 101 Å². The summed E-state index contributed by atoms with van der Waals surface area (Å²) in [6.07, 6.45) is 6.06. The van der Waals surface area contributed by atoms with Crippen LogP contribution in [0.5, 0.6) is 0 Å². The highest BCUT2D eigenvalue weighted by Crippen LogP contribution is 2.54. The number of ether oxygens (including phenoxy) is 3. The molecule has 0 radical (unpaired) electrons. The van der Waals surface area contributed by atoms with Gasteiger partial charge < -0.3 is 34.4 Å². The lowest BCUT2D eigenvalue weighted by molar-refractivity contribution is -0.163. The van der Waals surface area contributed by atoms with Gasteiger partial charge in [-0.3, -0.25) is 19.2 Å². The molecule has 2 saturated heterocycles. The first-order chi connectivity index (χ1) is 24.0. The number of likely N-dealkylation sites (tertiary alicyclic amines) is 1. The zero-order valence-corrected chi connectivity index (χ0v) is 29.1. The lowest BCUT2D eigenvalue weighted by Crippen LogP contribution is -2.61. The van der Waals surface area contributed by atoms with Crippen molar-refractivity contribution in [2.45, 2.75) is 81.5 Å². The van der Waals surface area contributed by atoms with Crippen LogP contribution in [0.2, 0.25) is 0 Å². The molecule has 50 heavy (non-hydrogen) atoms. The smallest absolute Gasteiger partial charge is 0.313 e. The van der Waals surface area contributed by atoms with E-state index < -0.39 is 71.8 Å². The van der Waals surface area contributed by atoms with Crippen LogP contribution in [0.3, 0.4) is 0 Å². The average molecular weight is 686 g/mol. The van der Waals surface area contributed by atoms with E-state index in [4.69, 9.17) is 14.2 Å². The van der Waals surface area contributed by atoms with Crippen molar-refractivity contribution in [1.82, 2.24) is 15.1 Å². The van der Waals surface area contributed by atoms with Gasteiger partial charge in [-0.15, -0.1) is 0 Å². The summed E-state index contributed by atoms with van der Waals surface area (Å²) < 4.78 is 18.7. The summed E-state index contributed by atoms with van der Waals surface area (Å²) in [5.41, 5.74) is -0.594.